The van der Waals surface area contributed by atoms with Crippen LogP contribution in [0.5, 0.6) is 11.5 Å². The number of ether oxygens (including phenoxy) is 2. The largest absolute Gasteiger partial charge is 0.491 e. The molecule has 0 unspecified atom stereocenters. The molecular weight excluding hydrogens is 350 g/mol. The van der Waals surface area contributed by atoms with Crippen molar-refractivity contribution in [2.45, 2.75) is 26.5 Å². The van der Waals surface area contributed by atoms with Crippen LogP contribution in [0, 0.1) is 6.92 Å². The molecule has 0 spiro atoms. The van der Waals surface area contributed by atoms with Crippen LogP contribution in [-0.4, -0.2) is 18.6 Å². The van der Waals surface area contributed by atoms with Gasteiger partial charge < -0.3 is 14.8 Å². The second-order valence-corrected chi connectivity index (χ2v) is 6.72. The van der Waals surface area contributed by atoms with Crippen LogP contribution < -0.4 is 14.8 Å². The minimum Gasteiger partial charge on any atom is -0.491 e. The number of para-hydroxylation sites is 2. The van der Waals surface area contributed by atoms with Crippen LogP contribution in [0.25, 0.3) is 0 Å². The van der Waals surface area contributed by atoms with Crippen LogP contribution in [0.1, 0.15) is 28.4 Å². The Morgan fingerprint density at radius 3 is 2.25 bits per heavy atom. The Balaban J connectivity index is 1.58. The lowest BCUT2D eigenvalue weighted by Gasteiger charge is -2.17. The van der Waals surface area contributed by atoms with E-state index in [0.717, 1.165) is 16.9 Å². The molecule has 0 aliphatic carbocycles. The smallest absolute Gasteiger partial charge is 0.255 e. The Bertz CT molecular complexity index is 908. The monoisotopic (exact) mass is 375 g/mol. The van der Waals surface area contributed by atoms with Crippen molar-refractivity contribution in [1.82, 2.24) is 5.32 Å². The maximum absolute atomic E-state index is 12.7. The van der Waals surface area contributed by atoms with Crippen LogP contribution >= 0.6 is 0 Å². The minimum absolute atomic E-state index is 0.144. The number of rotatable bonds is 8. The van der Waals surface area contributed by atoms with Gasteiger partial charge in [-0.2, -0.15) is 0 Å². The number of hydrogen-bond donors (Lipinski definition) is 1. The summed E-state index contributed by atoms with van der Waals surface area (Å²) in [6.45, 7) is 4.73. The van der Waals surface area contributed by atoms with Crippen molar-refractivity contribution in [2.75, 3.05) is 6.61 Å². The van der Waals surface area contributed by atoms with E-state index in [9.17, 15) is 4.79 Å². The molecule has 3 aromatic rings. The van der Waals surface area contributed by atoms with Crippen LogP contribution in [0.2, 0.25) is 0 Å². The predicted octanol–water partition coefficient (Wildman–Crippen LogP) is 4.77. The zero-order valence-electron chi connectivity index (χ0n) is 16.2. The van der Waals surface area contributed by atoms with Gasteiger partial charge >= 0.3 is 0 Å². The maximum atomic E-state index is 12.7. The topological polar surface area (TPSA) is 47.6 Å². The highest BCUT2D eigenvalue weighted by molar-refractivity contribution is 5.97. The van der Waals surface area contributed by atoms with Gasteiger partial charge in [0.05, 0.1) is 11.6 Å². The molecule has 0 heterocycles. The number of amides is 1. The lowest BCUT2D eigenvalue weighted by atomic mass is 10.1. The fraction of sp³-hybridized carbons (Fsp3) is 0.208. The first-order valence-corrected chi connectivity index (χ1v) is 9.38. The van der Waals surface area contributed by atoms with E-state index in [1.165, 1.54) is 0 Å². The molecule has 144 valence electrons. The third kappa shape index (κ3) is 5.36. The molecule has 3 rings (SSSR count). The first kappa shape index (κ1) is 19.5. The van der Waals surface area contributed by atoms with Gasteiger partial charge in [0.15, 0.2) is 0 Å². The maximum Gasteiger partial charge on any atom is 0.255 e. The summed E-state index contributed by atoms with van der Waals surface area (Å²) < 4.78 is 11.7. The lowest BCUT2D eigenvalue weighted by molar-refractivity contribution is 0.0922. The van der Waals surface area contributed by atoms with Crippen molar-refractivity contribution in [3.05, 3.63) is 95.6 Å². The molecule has 1 N–H and O–H groups in total. The summed E-state index contributed by atoms with van der Waals surface area (Å²) in [7, 11) is 0. The number of benzene rings is 3. The predicted molar refractivity (Wildman–Crippen MR) is 111 cm³/mol. The normalized spacial score (nSPS) is 11.5. The molecule has 0 bridgehead atoms. The van der Waals surface area contributed by atoms with Crippen molar-refractivity contribution in [3.63, 3.8) is 0 Å². The van der Waals surface area contributed by atoms with Gasteiger partial charge in [0, 0.05) is 0 Å². The van der Waals surface area contributed by atoms with Gasteiger partial charge in [0.25, 0.3) is 5.91 Å². The zero-order chi connectivity index (χ0) is 19.8. The highest BCUT2D eigenvalue weighted by Gasteiger charge is 2.15. The zero-order valence-corrected chi connectivity index (χ0v) is 16.2. The molecular formula is C24H25NO3. The van der Waals surface area contributed by atoms with E-state index >= 15 is 0 Å². The summed E-state index contributed by atoms with van der Waals surface area (Å²) in [4.78, 5) is 12.7. The van der Waals surface area contributed by atoms with Gasteiger partial charge in [-0.25, -0.2) is 0 Å². The van der Waals surface area contributed by atoms with E-state index in [4.69, 9.17) is 9.47 Å². The first-order valence-electron chi connectivity index (χ1n) is 9.38. The second kappa shape index (κ2) is 9.60. The molecule has 0 saturated carbocycles. The average Bonchev–Trinajstić information content (AvgIpc) is 2.72. The Morgan fingerprint density at radius 2 is 1.50 bits per heavy atom. The molecule has 0 aliphatic heterocycles. The Kier molecular flexibility index (Phi) is 6.68. The molecule has 0 fully saturated rings. The highest BCUT2D eigenvalue weighted by Crippen LogP contribution is 2.20. The molecule has 4 nitrogen and oxygen atoms in total. The van der Waals surface area contributed by atoms with Crippen molar-refractivity contribution in [3.8, 4) is 11.5 Å². The summed E-state index contributed by atoms with van der Waals surface area (Å²) in [5.74, 6) is 1.22. The standard InChI is InChI=1S/C24H25NO3/c1-18-10-6-8-14-22(18)27-16-19(2)25-24(26)21-13-7-9-15-23(21)28-17-20-11-4-3-5-12-20/h3-15,19H,16-17H2,1-2H3,(H,25,26)/t19-/m1/s1. The second-order valence-electron chi connectivity index (χ2n) is 6.72. The quantitative estimate of drug-likeness (QED) is 0.617. The molecule has 0 saturated heterocycles. The summed E-state index contributed by atoms with van der Waals surface area (Å²) in [5, 5.41) is 2.98. The lowest BCUT2D eigenvalue weighted by Crippen LogP contribution is -2.37. The van der Waals surface area contributed by atoms with Crippen LogP contribution in [0.4, 0.5) is 0 Å². The van der Waals surface area contributed by atoms with Gasteiger partial charge in [-0.05, 0) is 43.2 Å². The third-order valence-corrected chi connectivity index (χ3v) is 4.33. The van der Waals surface area contributed by atoms with Gasteiger partial charge in [0.2, 0.25) is 0 Å². The highest BCUT2D eigenvalue weighted by atomic mass is 16.5. The summed E-state index contributed by atoms with van der Waals surface area (Å²) in [6, 6.07) is 24.8. The number of hydrogen-bond acceptors (Lipinski definition) is 3. The Labute approximate surface area is 166 Å². The van der Waals surface area contributed by atoms with Gasteiger partial charge in [-0.3, -0.25) is 4.79 Å². The van der Waals surface area contributed by atoms with Gasteiger partial charge in [0.1, 0.15) is 24.7 Å². The molecule has 0 aromatic heterocycles. The van der Waals surface area contributed by atoms with E-state index < -0.39 is 0 Å². The van der Waals surface area contributed by atoms with E-state index in [0.29, 0.717) is 24.5 Å². The first-order chi connectivity index (χ1) is 13.6. The van der Waals surface area contributed by atoms with Gasteiger partial charge in [-0.15, -0.1) is 0 Å². The minimum atomic E-state index is -0.176. The number of aryl methyl sites for hydroxylation is 1. The van der Waals surface area contributed by atoms with E-state index in [-0.39, 0.29) is 11.9 Å². The van der Waals surface area contributed by atoms with E-state index in [1.807, 2.05) is 86.6 Å². The van der Waals surface area contributed by atoms with Crippen molar-refractivity contribution >= 4 is 5.91 Å². The molecule has 1 atom stereocenters. The van der Waals surface area contributed by atoms with Crippen molar-refractivity contribution < 1.29 is 14.3 Å². The van der Waals surface area contributed by atoms with Gasteiger partial charge in [-0.1, -0.05) is 60.7 Å². The molecule has 0 radical (unpaired) electrons. The van der Waals surface area contributed by atoms with Crippen LogP contribution in [0.15, 0.2) is 78.9 Å². The molecule has 4 heteroatoms. The Morgan fingerprint density at radius 1 is 0.857 bits per heavy atom. The number of carbonyl (C=O) groups excluding carboxylic acids is 1. The summed E-state index contributed by atoms with van der Waals surface area (Å²) >= 11 is 0. The van der Waals surface area contributed by atoms with Crippen LogP contribution in [-0.2, 0) is 6.61 Å². The molecule has 28 heavy (non-hydrogen) atoms. The number of nitrogens with one attached hydrogen (secondary N) is 1. The summed E-state index contributed by atoms with van der Waals surface area (Å²) in [5.41, 5.74) is 2.64. The van der Waals surface area contributed by atoms with Crippen molar-refractivity contribution in [1.29, 1.82) is 0 Å². The SMILES string of the molecule is Cc1ccccc1OC[C@@H](C)NC(=O)c1ccccc1OCc1ccccc1. The fourth-order valence-electron chi connectivity index (χ4n) is 2.79. The molecule has 1 amide bonds. The van der Waals surface area contributed by atoms with Crippen LogP contribution in [0.3, 0.4) is 0 Å². The molecule has 0 aliphatic rings. The third-order valence-electron chi connectivity index (χ3n) is 4.33. The fourth-order valence-corrected chi connectivity index (χ4v) is 2.79. The summed E-state index contributed by atoms with van der Waals surface area (Å²) in [6.07, 6.45) is 0. The average molecular weight is 375 g/mol. The Hall–Kier alpha value is -3.27. The molecule has 3 aromatic carbocycles. The van der Waals surface area contributed by atoms with Crippen molar-refractivity contribution in [2.24, 2.45) is 0 Å². The van der Waals surface area contributed by atoms with E-state index in [2.05, 4.69) is 5.32 Å². The number of carbonyl (C=O) groups is 1. The van der Waals surface area contributed by atoms with E-state index in [1.54, 1.807) is 6.07 Å².